The molecule has 2 N–H and O–H groups in total. The van der Waals surface area contributed by atoms with E-state index >= 15 is 0 Å². The molecule has 0 aromatic heterocycles. The SMILES string of the molecule is Cl.Cl.NC1(C(=O)N2CCCC(N3CCN(Cc4ccc5c(c4)OCO5)CC3)C2)CC1. The van der Waals surface area contributed by atoms with Crippen LogP contribution in [0.3, 0.4) is 0 Å². The van der Waals surface area contributed by atoms with Gasteiger partial charge in [0.25, 0.3) is 0 Å². The number of hydrogen-bond donors (Lipinski definition) is 1. The highest BCUT2D eigenvalue weighted by Crippen LogP contribution is 2.35. The van der Waals surface area contributed by atoms with Crippen LogP contribution in [0, 0.1) is 0 Å². The van der Waals surface area contributed by atoms with Crippen LogP contribution in [0.1, 0.15) is 31.2 Å². The quantitative estimate of drug-likeness (QED) is 0.742. The zero-order chi connectivity index (χ0) is 19.1. The molecule has 1 unspecified atom stereocenters. The van der Waals surface area contributed by atoms with Crippen LogP contribution in [-0.2, 0) is 11.3 Å². The Labute approximate surface area is 190 Å². The van der Waals surface area contributed by atoms with Crippen molar-refractivity contribution in [2.75, 3.05) is 46.1 Å². The minimum absolute atomic E-state index is 0. The van der Waals surface area contributed by atoms with Gasteiger partial charge in [-0.3, -0.25) is 14.6 Å². The first kappa shape index (κ1) is 23.4. The van der Waals surface area contributed by atoms with E-state index in [2.05, 4.69) is 21.9 Å². The second kappa shape index (κ2) is 9.49. The fourth-order valence-electron chi connectivity index (χ4n) is 4.68. The number of nitrogens with two attached hydrogens (primary N) is 1. The van der Waals surface area contributed by atoms with E-state index in [1.807, 2.05) is 11.0 Å². The molecule has 2 saturated heterocycles. The monoisotopic (exact) mass is 458 g/mol. The van der Waals surface area contributed by atoms with Crippen molar-refractivity contribution in [2.24, 2.45) is 5.73 Å². The topological polar surface area (TPSA) is 71.3 Å². The Kier molecular flexibility index (Phi) is 7.40. The van der Waals surface area contributed by atoms with Crippen molar-refractivity contribution in [2.45, 2.75) is 43.8 Å². The Morgan fingerprint density at radius 3 is 2.53 bits per heavy atom. The maximum Gasteiger partial charge on any atom is 0.242 e. The first-order valence-corrected chi connectivity index (χ1v) is 10.5. The predicted octanol–water partition coefficient (Wildman–Crippen LogP) is 1.86. The highest BCUT2D eigenvalue weighted by molar-refractivity contribution is 5.89. The molecule has 9 heteroatoms. The summed E-state index contributed by atoms with van der Waals surface area (Å²) < 4.78 is 10.9. The van der Waals surface area contributed by atoms with Gasteiger partial charge in [0.1, 0.15) is 0 Å². The van der Waals surface area contributed by atoms with Gasteiger partial charge in [-0.05, 0) is 43.4 Å². The average molecular weight is 459 g/mol. The van der Waals surface area contributed by atoms with Crippen LogP contribution in [-0.4, -0.2) is 78.2 Å². The van der Waals surface area contributed by atoms with Gasteiger partial charge in [-0.1, -0.05) is 6.07 Å². The molecule has 7 nitrogen and oxygen atoms in total. The molecule has 0 radical (unpaired) electrons. The smallest absolute Gasteiger partial charge is 0.242 e. The second-order valence-corrected chi connectivity index (χ2v) is 8.70. The number of nitrogens with zero attached hydrogens (tertiary/aromatic N) is 3. The summed E-state index contributed by atoms with van der Waals surface area (Å²) in [5.41, 5.74) is 6.87. The van der Waals surface area contributed by atoms with Gasteiger partial charge in [0.15, 0.2) is 11.5 Å². The molecule has 1 amide bonds. The van der Waals surface area contributed by atoms with Crippen LogP contribution in [0.25, 0.3) is 0 Å². The molecule has 3 fully saturated rings. The predicted molar refractivity (Wildman–Crippen MR) is 120 cm³/mol. The molecule has 3 heterocycles. The van der Waals surface area contributed by atoms with Gasteiger partial charge in [-0.2, -0.15) is 0 Å². The third kappa shape index (κ3) is 4.81. The van der Waals surface area contributed by atoms with Crippen molar-refractivity contribution >= 4 is 30.7 Å². The Morgan fingerprint density at radius 2 is 1.80 bits per heavy atom. The standard InChI is InChI=1S/C21H30N4O3.2ClH/c22-21(5-6-21)20(26)25-7-1-2-17(14-25)24-10-8-23(9-11-24)13-16-3-4-18-19(12-16)28-15-27-18;;/h3-4,12,17H,1-2,5-11,13-15,22H2;2*1H. The third-order valence-corrected chi connectivity index (χ3v) is 6.66. The summed E-state index contributed by atoms with van der Waals surface area (Å²) in [5.74, 6) is 1.88. The average Bonchev–Trinajstić information content (AvgIpc) is 3.31. The van der Waals surface area contributed by atoms with Gasteiger partial charge in [0.2, 0.25) is 12.7 Å². The summed E-state index contributed by atoms with van der Waals surface area (Å²) in [7, 11) is 0. The number of piperazine rings is 1. The maximum absolute atomic E-state index is 12.6. The van der Waals surface area contributed by atoms with E-state index in [1.54, 1.807) is 0 Å². The number of fused-ring (bicyclic) bond motifs is 1. The zero-order valence-corrected chi connectivity index (χ0v) is 18.9. The first-order chi connectivity index (χ1) is 13.6. The van der Waals surface area contributed by atoms with Gasteiger partial charge >= 0.3 is 0 Å². The summed E-state index contributed by atoms with van der Waals surface area (Å²) in [5, 5.41) is 0. The Hall–Kier alpha value is -1.25. The van der Waals surface area contributed by atoms with E-state index < -0.39 is 5.54 Å². The number of rotatable bonds is 4. The molecule has 5 rings (SSSR count). The van der Waals surface area contributed by atoms with E-state index in [9.17, 15) is 4.79 Å². The molecule has 1 atom stereocenters. The number of ether oxygens (including phenoxy) is 2. The Balaban J connectivity index is 0.00000128. The summed E-state index contributed by atoms with van der Waals surface area (Å²) >= 11 is 0. The van der Waals surface area contributed by atoms with Crippen LogP contribution < -0.4 is 15.2 Å². The van der Waals surface area contributed by atoms with Crippen molar-refractivity contribution in [1.29, 1.82) is 0 Å². The maximum atomic E-state index is 12.6. The van der Waals surface area contributed by atoms with Crippen molar-refractivity contribution in [1.82, 2.24) is 14.7 Å². The van der Waals surface area contributed by atoms with Crippen LogP contribution >= 0.6 is 24.8 Å². The third-order valence-electron chi connectivity index (χ3n) is 6.66. The number of hydrogen-bond acceptors (Lipinski definition) is 6. The highest BCUT2D eigenvalue weighted by Gasteiger charge is 2.49. The normalized spacial score (nSPS) is 25.2. The molecular formula is C21H32Cl2N4O3. The molecular weight excluding hydrogens is 427 g/mol. The highest BCUT2D eigenvalue weighted by atomic mass is 35.5. The molecule has 0 spiro atoms. The number of carbonyl (C=O) groups excluding carboxylic acids is 1. The number of halogens is 2. The van der Waals surface area contributed by atoms with E-state index in [1.165, 1.54) is 12.0 Å². The fourth-order valence-corrected chi connectivity index (χ4v) is 4.68. The van der Waals surface area contributed by atoms with Crippen molar-refractivity contribution in [3.05, 3.63) is 23.8 Å². The largest absolute Gasteiger partial charge is 0.454 e. The molecule has 168 valence electrons. The van der Waals surface area contributed by atoms with Gasteiger partial charge in [0, 0.05) is 51.9 Å². The van der Waals surface area contributed by atoms with Crippen LogP contribution in [0.2, 0.25) is 0 Å². The van der Waals surface area contributed by atoms with Crippen LogP contribution in [0.4, 0.5) is 0 Å². The van der Waals surface area contributed by atoms with Gasteiger partial charge < -0.3 is 20.1 Å². The lowest BCUT2D eigenvalue weighted by Gasteiger charge is -2.43. The summed E-state index contributed by atoms with van der Waals surface area (Å²) in [6.07, 6.45) is 3.98. The van der Waals surface area contributed by atoms with Gasteiger partial charge in [-0.25, -0.2) is 0 Å². The molecule has 1 saturated carbocycles. The van der Waals surface area contributed by atoms with E-state index in [0.29, 0.717) is 12.8 Å². The molecule has 30 heavy (non-hydrogen) atoms. The summed E-state index contributed by atoms with van der Waals surface area (Å²) in [6, 6.07) is 6.71. The summed E-state index contributed by atoms with van der Waals surface area (Å²) in [6.45, 7) is 7.22. The van der Waals surface area contributed by atoms with E-state index in [-0.39, 0.29) is 30.7 Å². The lowest BCUT2D eigenvalue weighted by Crippen LogP contribution is -2.57. The minimum atomic E-state index is -0.537. The Bertz CT molecular complexity index is 754. The lowest BCUT2D eigenvalue weighted by atomic mass is 10.0. The lowest BCUT2D eigenvalue weighted by molar-refractivity contribution is -0.136. The van der Waals surface area contributed by atoms with Gasteiger partial charge in [0.05, 0.1) is 5.54 Å². The Morgan fingerprint density at radius 1 is 1.07 bits per heavy atom. The van der Waals surface area contributed by atoms with Crippen LogP contribution in [0.5, 0.6) is 11.5 Å². The minimum Gasteiger partial charge on any atom is -0.454 e. The molecule has 0 bridgehead atoms. The zero-order valence-electron chi connectivity index (χ0n) is 17.3. The first-order valence-electron chi connectivity index (χ1n) is 10.5. The fraction of sp³-hybridized carbons (Fsp3) is 0.667. The van der Waals surface area contributed by atoms with Crippen LogP contribution in [0.15, 0.2) is 18.2 Å². The van der Waals surface area contributed by atoms with E-state index in [4.69, 9.17) is 15.2 Å². The van der Waals surface area contributed by atoms with Crippen molar-refractivity contribution in [3.63, 3.8) is 0 Å². The van der Waals surface area contributed by atoms with E-state index in [0.717, 1.165) is 76.6 Å². The van der Waals surface area contributed by atoms with Gasteiger partial charge in [-0.15, -0.1) is 24.8 Å². The molecule has 1 aromatic rings. The number of piperidine rings is 1. The number of likely N-dealkylation sites (tertiary alicyclic amines) is 1. The molecule has 4 aliphatic rings. The second-order valence-electron chi connectivity index (χ2n) is 8.70. The molecule has 1 aliphatic carbocycles. The number of benzene rings is 1. The molecule has 3 aliphatic heterocycles. The number of amides is 1. The molecule has 1 aromatic carbocycles. The van der Waals surface area contributed by atoms with Crippen molar-refractivity contribution in [3.8, 4) is 11.5 Å². The van der Waals surface area contributed by atoms with Crippen molar-refractivity contribution < 1.29 is 14.3 Å². The summed E-state index contributed by atoms with van der Waals surface area (Å²) in [4.78, 5) is 19.7. The number of carbonyl (C=O) groups is 1.